The van der Waals surface area contributed by atoms with Gasteiger partial charge in [-0.1, -0.05) is 12.1 Å². The van der Waals surface area contributed by atoms with Crippen LogP contribution < -0.4 is 5.06 Å². The van der Waals surface area contributed by atoms with Crippen LogP contribution in [0, 0.1) is 0 Å². The minimum absolute atomic E-state index is 0.384. The minimum Gasteiger partial charge on any atom is -0.465 e. The van der Waals surface area contributed by atoms with Gasteiger partial charge in [0.1, 0.15) is 0 Å². The lowest BCUT2D eigenvalue weighted by atomic mass is 10.0. The maximum atomic E-state index is 11.5. The van der Waals surface area contributed by atoms with Crippen molar-refractivity contribution in [2.24, 2.45) is 0 Å². The van der Waals surface area contributed by atoms with Crippen LogP contribution in [0.2, 0.25) is 0 Å². The summed E-state index contributed by atoms with van der Waals surface area (Å²) in [6.45, 7) is 5.54. The van der Waals surface area contributed by atoms with Crippen LogP contribution in [0.15, 0.2) is 42.6 Å². The van der Waals surface area contributed by atoms with E-state index in [1.165, 1.54) is 7.11 Å². The zero-order chi connectivity index (χ0) is 17.7. The highest BCUT2D eigenvalue weighted by atomic mass is 16.7. The van der Waals surface area contributed by atoms with Crippen molar-refractivity contribution in [2.75, 3.05) is 12.2 Å². The Balaban J connectivity index is 2.29. The highest BCUT2D eigenvalue weighted by Gasteiger charge is 2.18. The fourth-order valence-electron chi connectivity index (χ4n) is 2.05. The highest BCUT2D eigenvalue weighted by molar-refractivity contribution is 5.90. The molecule has 0 aliphatic heterocycles. The number of aromatic nitrogens is 1. The molecule has 0 aliphatic carbocycles. The zero-order valence-corrected chi connectivity index (χ0v) is 14.1. The quantitative estimate of drug-likeness (QED) is 0.479. The fraction of sp³-hybridized carbons (Fsp3) is 0.278. The van der Waals surface area contributed by atoms with E-state index in [0.29, 0.717) is 17.8 Å². The molecule has 6 heteroatoms. The SMILES string of the molecule is COC(=O)c1ccc(-c2ccnc(N(C=O)OC(C)(C)C)c2)cc1. The molecule has 1 amide bonds. The Labute approximate surface area is 141 Å². The Kier molecular flexibility index (Phi) is 5.31. The standard InChI is InChI=1S/C18H20N2O4/c1-18(2,3)24-20(12-21)16-11-15(9-10-19-16)13-5-7-14(8-6-13)17(22)23-4/h5-12H,1-4H3. The van der Waals surface area contributed by atoms with Gasteiger partial charge in [0.25, 0.3) is 0 Å². The summed E-state index contributed by atoms with van der Waals surface area (Å²) in [6.07, 6.45) is 2.18. The van der Waals surface area contributed by atoms with Crippen molar-refractivity contribution in [1.82, 2.24) is 4.98 Å². The molecular weight excluding hydrogens is 308 g/mol. The fourth-order valence-corrected chi connectivity index (χ4v) is 2.05. The molecule has 126 valence electrons. The second kappa shape index (κ2) is 7.23. The van der Waals surface area contributed by atoms with Crippen molar-refractivity contribution < 1.29 is 19.2 Å². The number of hydrogen-bond donors (Lipinski definition) is 0. The third-order valence-electron chi connectivity index (χ3n) is 3.08. The molecule has 1 aromatic heterocycles. The number of ether oxygens (including phenoxy) is 1. The van der Waals surface area contributed by atoms with Crippen molar-refractivity contribution in [2.45, 2.75) is 26.4 Å². The van der Waals surface area contributed by atoms with E-state index in [9.17, 15) is 9.59 Å². The molecule has 1 heterocycles. The summed E-state index contributed by atoms with van der Waals surface area (Å²) in [6, 6.07) is 10.5. The summed E-state index contributed by atoms with van der Waals surface area (Å²) < 4.78 is 4.68. The number of pyridine rings is 1. The third-order valence-corrected chi connectivity index (χ3v) is 3.08. The molecule has 0 atom stereocenters. The molecule has 0 unspecified atom stereocenters. The lowest BCUT2D eigenvalue weighted by Crippen LogP contribution is -2.33. The Morgan fingerprint density at radius 3 is 2.33 bits per heavy atom. The van der Waals surface area contributed by atoms with Gasteiger partial charge in [-0.2, -0.15) is 5.06 Å². The highest BCUT2D eigenvalue weighted by Crippen LogP contribution is 2.24. The van der Waals surface area contributed by atoms with Crippen LogP contribution in [0.25, 0.3) is 11.1 Å². The molecule has 2 rings (SSSR count). The number of esters is 1. The number of hydroxylamine groups is 1. The lowest BCUT2D eigenvalue weighted by molar-refractivity contribution is -0.120. The van der Waals surface area contributed by atoms with Gasteiger partial charge in [0.15, 0.2) is 5.82 Å². The zero-order valence-electron chi connectivity index (χ0n) is 14.1. The van der Waals surface area contributed by atoms with Crippen molar-refractivity contribution >= 4 is 18.2 Å². The van der Waals surface area contributed by atoms with Gasteiger partial charge in [-0.25, -0.2) is 9.78 Å². The summed E-state index contributed by atoms with van der Waals surface area (Å²) in [5.74, 6) is -0.00264. The molecule has 1 aromatic carbocycles. The van der Waals surface area contributed by atoms with Crippen LogP contribution >= 0.6 is 0 Å². The van der Waals surface area contributed by atoms with Crippen LogP contribution in [0.5, 0.6) is 0 Å². The topological polar surface area (TPSA) is 68.7 Å². The summed E-state index contributed by atoms with van der Waals surface area (Å²) in [5, 5.41) is 1.10. The van der Waals surface area contributed by atoms with E-state index in [2.05, 4.69) is 9.72 Å². The maximum absolute atomic E-state index is 11.5. The van der Waals surface area contributed by atoms with Gasteiger partial charge in [-0.15, -0.1) is 0 Å². The second-order valence-corrected chi connectivity index (χ2v) is 6.11. The molecule has 2 aromatic rings. The first kappa shape index (κ1) is 17.6. The van der Waals surface area contributed by atoms with E-state index in [1.54, 1.807) is 36.5 Å². The second-order valence-electron chi connectivity index (χ2n) is 6.11. The maximum Gasteiger partial charge on any atom is 0.337 e. The van der Waals surface area contributed by atoms with Crippen LogP contribution in [0.1, 0.15) is 31.1 Å². The third kappa shape index (κ3) is 4.39. The average molecular weight is 328 g/mol. The van der Waals surface area contributed by atoms with Crippen molar-refractivity contribution in [3.05, 3.63) is 48.2 Å². The largest absolute Gasteiger partial charge is 0.465 e. The monoisotopic (exact) mass is 328 g/mol. The normalized spacial score (nSPS) is 11.0. The van der Waals surface area contributed by atoms with E-state index in [0.717, 1.165) is 16.2 Å². The minimum atomic E-state index is -0.527. The number of benzene rings is 1. The van der Waals surface area contributed by atoms with E-state index in [-0.39, 0.29) is 5.97 Å². The summed E-state index contributed by atoms with van der Waals surface area (Å²) in [5.41, 5.74) is 1.68. The van der Waals surface area contributed by atoms with Gasteiger partial charge >= 0.3 is 5.97 Å². The Hall–Kier alpha value is -2.73. The van der Waals surface area contributed by atoms with Crippen molar-refractivity contribution in [3.63, 3.8) is 0 Å². The number of carbonyl (C=O) groups excluding carboxylic acids is 2. The number of nitrogens with zero attached hydrogens (tertiary/aromatic N) is 2. The van der Waals surface area contributed by atoms with Crippen molar-refractivity contribution in [1.29, 1.82) is 0 Å². The smallest absolute Gasteiger partial charge is 0.337 e. The van der Waals surface area contributed by atoms with Crippen LogP contribution in [0.4, 0.5) is 5.82 Å². The molecule has 0 bridgehead atoms. The predicted molar refractivity (Wildman–Crippen MR) is 90.4 cm³/mol. The van der Waals surface area contributed by atoms with Gasteiger partial charge in [0.05, 0.1) is 18.3 Å². The number of hydrogen-bond acceptors (Lipinski definition) is 5. The first-order valence-electron chi connectivity index (χ1n) is 7.42. The summed E-state index contributed by atoms with van der Waals surface area (Å²) in [7, 11) is 1.34. The van der Waals surface area contributed by atoms with Gasteiger partial charge < -0.3 is 4.74 Å². The number of amides is 1. The Bertz CT molecular complexity index is 721. The van der Waals surface area contributed by atoms with Gasteiger partial charge in [0.2, 0.25) is 6.41 Å². The van der Waals surface area contributed by atoms with Crippen LogP contribution in [-0.2, 0) is 14.4 Å². The first-order valence-corrected chi connectivity index (χ1v) is 7.42. The number of rotatable bonds is 5. The predicted octanol–water partition coefficient (Wildman–Crippen LogP) is 3.23. The van der Waals surface area contributed by atoms with E-state index in [4.69, 9.17) is 4.84 Å². The Morgan fingerprint density at radius 1 is 1.12 bits per heavy atom. The number of carbonyl (C=O) groups is 2. The molecule has 6 nitrogen and oxygen atoms in total. The van der Waals surface area contributed by atoms with Crippen LogP contribution in [0.3, 0.4) is 0 Å². The molecule has 0 aliphatic rings. The van der Waals surface area contributed by atoms with E-state index < -0.39 is 5.60 Å². The van der Waals surface area contributed by atoms with Gasteiger partial charge in [0, 0.05) is 6.20 Å². The van der Waals surface area contributed by atoms with Gasteiger partial charge in [-0.3, -0.25) is 9.63 Å². The molecular formula is C18H20N2O4. The van der Waals surface area contributed by atoms with E-state index in [1.807, 2.05) is 26.8 Å². The van der Waals surface area contributed by atoms with Crippen LogP contribution in [-0.4, -0.2) is 30.1 Å². The van der Waals surface area contributed by atoms with Gasteiger partial charge in [-0.05, 0) is 56.2 Å². The Morgan fingerprint density at radius 2 is 1.79 bits per heavy atom. The molecule has 0 spiro atoms. The summed E-state index contributed by atoms with van der Waals surface area (Å²) >= 11 is 0. The van der Waals surface area contributed by atoms with Crippen molar-refractivity contribution in [3.8, 4) is 11.1 Å². The molecule has 0 radical (unpaired) electrons. The molecule has 0 saturated carbocycles. The summed E-state index contributed by atoms with van der Waals surface area (Å²) in [4.78, 5) is 32.5. The van der Waals surface area contributed by atoms with E-state index >= 15 is 0 Å². The molecule has 0 fully saturated rings. The average Bonchev–Trinajstić information content (AvgIpc) is 2.58. The molecule has 24 heavy (non-hydrogen) atoms. The molecule has 0 saturated heterocycles. The number of methoxy groups -OCH3 is 1. The number of anilines is 1. The lowest BCUT2D eigenvalue weighted by Gasteiger charge is -2.25. The first-order chi connectivity index (χ1) is 11.3. The molecule has 0 N–H and O–H groups in total.